The Kier molecular flexibility index (Phi) is 5.87. The molecule has 0 amide bonds. The number of ketones is 1. The van der Waals surface area contributed by atoms with Crippen molar-refractivity contribution in [3.05, 3.63) is 47.7 Å². The summed E-state index contributed by atoms with van der Waals surface area (Å²) in [7, 11) is 4.76. The van der Waals surface area contributed by atoms with Crippen LogP contribution in [0, 0.1) is 0 Å². The van der Waals surface area contributed by atoms with E-state index in [1.165, 1.54) is 6.92 Å². The largest absolute Gasteiger partial charge is 0.496 e. The summed E-state index contributed by atoms with van der Waals surface area (Å²) in [6, 6.07) is 8.99. The van der Waals surface area contributed by atoms with Gasteiger partial charge in [0, 0.05) is 23.2 Å². The molecule has 2 aromatic carbocycles. The second kappa shape index (κ2) is 8.22. The van der Waals surface area contributed by atoms with Crippen molar-refractivity contribution in [2.75, 3.05) is 21.3 Å². The summed E-state index contributed by atoms with van der Waals surface area (Å²) in [6.07, 6.45) is 1.66. The number of hydrogen-bond acceptors (Lipinski definition) is 6. The average molecular weight is 409 g/mol. The van der Waals surface area contributed by atoms with Gasteiger partial charge in [0.15, 0.2) is 17.3 Å². The van der Waals surface area contributed by atoms with Crippen LogP contribution in [0.1, 0.15) is 43.6 Å². The molecule has 0 N–H and O–H groups in total. The fourth-order valence-electron chi connectivity index (χ4n) is 3.33. The van der Waals surface area contributed by atoms with Crippen LogP contribution in [0.15, 0.2) is 36.5 Å². The lowest BCUT2D eigenvalue weighted by atomic mass is 9.85. The van der Waals surface area contributed by atoms with Crippen molar-refractivity contribution in [2.24, 2.45) is 0 Å². The lowest BCUT2D eigenvalue weighted by molar-refractivity contribution is 0.101. The fourth-order valence-corrected chi connectivity index (χ4v) is 3.33. The molecule has 0 unspecified atom stereocenters. The van der Waals surface area contributed by atoms with E-state index in [0.717, 1.165) is 10.9 Å². The number of hydrogen-bond donors (Lipinski definition) is 0. The number of methoxy groups -OCH3 is 3. The third-order valence-electron chi connectivity index (χ3n) is 4.92. The molecule has 1 heterocycles. The van der Waals surface area contributed by atoms with Crippen molar-refractivity contribution in [3.8, 4) is 28.7 Å². The van der Waals surface area contributed by atoms with Crippen LogP contribution in [0.5, 0.6) is 28.7 Å². The predicted octanol–water partition coefficient (Wildman–Crippen LogP) is 5.55. The highest BCUT2D eigenvalue weighted by Crippen LogP contribution is 2.41. The van der Waals surface area contributed by atoms with Gasteiger partial charge in [-0.2, -0.15) is 0 Å². The Hall–Kier alpha value is -3.28. The van der Waals surface area contributed by atoms with E-state index in [0.29, 0.717) is 39.8 Å². The highest BCUT2D eigenvalue weighted by atomic mass is 16.5. The highest BCUT2D eigenvalue weighted by Gasteiger charge is 2.24. The SMILES string of the molecule is COc1cc2nccc(Oc3cc(C(C)(C)C)c(OC)cc3C(C)=O)c2cc1OC. The van der Waals surface area contributed by atoms with Crippen molar-refractivity contribution in [3.63, 3.8) is 0 Å². The number of carbonyl (C=O) groups is 1. The quantitative estimate of drug-likeness (QED) is 0.497. The second-order valence-corrected chi connectivity index (χ2v) is 7.99. The van der Waals surface area contributed by atoms with Gasteiger partial charge in [-0.15, -0.1) is 0 Å². The summed E-state index contributed by atoms with van der Waals surface area (Å²) in [5.74, 6) is 2.73. The molecule has 1 aromatic heterocycles. The lowest BCUT2D eigenvalue weighted by Gasteiger charge is -2.24. The van der Waals surface area contributed by atoms with Gasteiger partial charge in [-0.3, -0.25) is 9.78 Å². The van der Waals surface area contributed by atoms with Gasteiger partial charge in [-0.1, -0.05) is 20.8 Å². The number of rotatable bonds is 6. The fraction of sp³-hybridized carbons (Fsp3) is 0.333. The van der Waals surface area contributed by atoms with E-state index in [9.17, 15) is 4.79 Å². The van der Waals surface area contributed by atoms with E-state index in [1.807, 2.05) is 12.1 Å². The topological polar surface area (TPSA) is 66.9 Å². The molecule has 0 saturated heterocycles. The second-order valence-electron chi connectivity index (χ2n) is 7.99. The molecular formula is C24H27NO5. The maximum atomic E-state index is 12.3. The molecule has 0 aliphatic rings. The summed E-state index contributed by atoms with van der Waals surface area (Å²) >= 11 is 0. The highest BCUT2D eigenvalue weighted by molar-refractivity contribution is 5.98. The zero-order valence-corrected chi connectivity index (χ0v) is 18.5. The zero-order chi connectivity index (χ0) is 22.1. The number of carbonyl (C=O) groups excluding carboxylic acids is 1. The molecule has 0 radical (unpaired) electrons. The van der Waals surface area contributed by atoms with Gasteiger partial charge in [-0.25, -0.2) is 0 Å². The van der Waals surface area contributed by atoms with E-state index in [-0.39, 0.29) is 11.2 Å². The van der Waals surface area contributed by atoms with Crippen molar-refractivity contribution < 1.29 is 23.7 Å². The minimum atomic E-state index is -0.199. The first kappa shape index (κ1) is 21.4. The summed E-state index contributed by atoms with van der Waals surface area (Å²) < 4.78 is 22.6. The molecule has 3 rings (SSSR count). The van der Waals surface area contributed by atoms with Crippen LogP contribution in [0.25, 0.3) is 10.9 Å². The molecule has 6 nitrogen and oxygen atoms in total. The van der Waals surface area contributed by atoms with E-state index in [2.05, 4.69) is 25.8 Å². The standard InChI is InChI=1S/C24H27NO5/c1-14(26)15-10-21(27-5)17(24(2,3)4)12-20(15)30-19-8-9-25-18-13-23(29-7)22(28-6)11-16(18)19/h8-13H,1-7H3. The van der Waals surface area contributed by atoms with Crippen LogP contribution >= 0.6 is 0 Å². The van der Waals surface area contributed by atoms with Crippen LogP contribution in [0.3, 0.4) is 0 Å². The van der Waals surface area contributed by atoms with Crippen LogP contribution in [0.2, 0.25) is 0 Å². The van der Waals surface area contributed by atoms with E-state index < -0.39 is 0 Å². The minimum Gasteiger partial charge on any atom is -0.496 e. The molecule has 0 fully saturated rings. The predicted molar refractivity (Wildman–Crippen MR) is 117 cm³/mol. The lowest BCUT2D eigenvalue weighted by Crippen LogP contribution is -2.14. The first-order valence-electron chi connectivity index (χ1n) is 9.61. The Labute approximate surface area is 176 Å². The van der Waals surface area contributed by atoms with E-state index >= 15 is 0 Å². The van der Waals surface area contributed by atoms with Gasteiger partial charge in [0.1, 0.15) is 17.2 Å². The van der Waals surface area contributed by atoms with Crippen molar-refractivity contribution in [1.82, 2.24) is 4.98 Å². The molecule has 30 heavy (non-hydrogen) atoms. The van der Waals surface area contributed by atoms with Gasteiger partial charge < -0.3 is 18.9 Å². The van der Waals surface area contributed by atoms with E-state index in [1.54, 1.807) is 45.7 Å². The summed E-state index contributed by atoms with van der Waals surface area (Å²) in [6.45, 7) is 7.76. The number of Topliss-reactive ketones (excluding diaryl/α,β-unsaturated/α-hetero) is 1. The Morgan fingerprint density at radius 2 is 1.47 bits per heavy atom. The number of aromatic nitrogens is 1. The van der Waals surface area contributed by atoms with Crippen LogP contribution in [-0.4, -0.2) is 32.1 Å². The number of pyridine rings is 1. The van der Waals surface area contributed by atoms with E-state index in [4.69, 9.17) is 18.9 Å². The molecule has 0 spiro atoms. The first-order chi connectivity index (χ1) is 14.2. The maximum Gasteiger partial charge on any atom is 0.163 e. The number of fused-ring (bicyclic) bond motifs is 1. The maximum absolute atomic E-state index is 12.3. The van der Waals surface area contributed by atoms with Crippen LogP contribution < -0.4 is 18.9 Å². The smallest absolute Gasteiger partial charge is 0.163 e. The van der Waals surface area contributed by atoms with Gasteiger partial charge in [0.05, 0.1) is 32.4 Å². The third-order valence-corrected chi connectivity index (χ3v) is 4.92. The van der Waals surface area contributed by atoms with Gasteiger partial charge >= 0.3 is 0 Å². The van der Waals surface area contributed by atoms with Crippen molar-refractivity contribution in [1.29, 1.82) is 0 Å². The van der Waals surface area contributed by atoms with Gasteiger partial charge in [0.25, 0.3) is 0 Å². The first-order valence-corrected chi connectivity index (χ1v) is 9.61. The van der Waals surface area contributed by atoms with Crippen molar-refractivity contribution >= 4 is 16.7 Å². The molecular weight excluding hydrogens is 382 g/mol. The average Bonchev–Trinajstić information content (AvgIpc) is 2.71. The Morgan fingerprint density at radius 1 is 0.833 bits per heavy atom. The van der Waals surface area contributed by atoms with Crippen LogP contribution in [-0.2, 0) is 5.41 Å². The van der Waals surface area contributed by atoms with Gasteiger partial charge in [0.2, 0.25) is 0 Å². The molecule has 0 atom stereocenters. The normalized spacial score (nSPS) is 11.3. The molecule has 0 saturated carbocycles. The number of benzene rings is 2. The molecule has 0 aliphatic carbocycles. The summed E-state index contributed by atoms with van der Waals surface area (Å²) in [5, 5.41) is 0.748. The molecule has 6 heteroatoms. The summed E-state index contributed by atoms with van der Waals surface area (Å²) in [5.41, 5.74) is 1.89. The number of nitrogens with zero attached hydrogens (tertiary/aromatic N) is 1. The minimum absolute atomic E-state index is 0.110. The molecule has 0 bridgehead atoms. The Balaban J connectivity index is 2.20. The number of ether oxygens (including phenoxy) is 4. The zero-order valence-electron chi connectivity index (χ0n) is 18.5. The summed E-state index contributed by atoms with van der Waals surface area (Å²) in [4.78, 5) is 16.8. The van der Waals surface area contributed by atoms with Crippen molar-refractivity contribution in [2.45, 2.75) is 33.1 Å². The molecule has 158 valence electrons. The Morgan fingerprint density at radius 3 is 2.03 bits per heavy atom. The Bertz CT molecular complexity index is 1100. The van der Waals surface area contributed by atoms with Gasteiger partial charge in [-0.05, 0) is 36.6 Å². The molecule has 0 aliphatic heterocycles. The third kappa shape index (κ3) is 4.03. The molecule has 3 aromatic rings. The van der Waals surface area contributed by atoms with Crippen LogP contribution in [0.4, 0.5) is 0 Å². The monoisotopic (exact) mass is 409 g/mol.